The second-order valence-electron chi connectivity index (χ2n) is 0.637. The minimum atomic E-state index is 0.259. The average molecular weight is 254 g/mol. The Morgan fingerprint density at radius 1 is 2.00 bits per heavy atom. The summed E-state index contributed by atoms with van der Waals surface area (Å²) in [7, 11) is 0. The van der Waals surface area contributed by atoms with Crippen molar-refractivity contribution in [1.29, 1.82) is 0 Å². The van der Waals surface area contributed by atoms with Crippen LogP contribution in [0.1, 0.15) is 0 Å². The number of hydrogen-bond acceptors (Lipinski definition) is 0. The molecule has 0 aliphatic carbocycles. The Balaban J connectivity index is 2.83. The zero-order valence-corrected chi connectivity index (χ0v) is 7.09. The van der Waals surface area contributed by atoms with Crippen LogP contribution in [-0.4, -0.2) is 3.13 Å². The van der Waals surface area contributed by atoms with Crippen LogP contribution < -0.4 is 0 Å². The fourth-order valence-corrected chi connectivity index (χ4v) is 0. The van der Waals surface area contributed by atoms with Crippen LogP contribution in [0, 0.1) is 0 Å². The molecule has 0 spiro atoms. The molecule has 0 bridgehead atoms. The van der Waals surface area contributed by atoms with Crippen molar-refractivity contribution in [2.75, 3.05) is 0 Å². The van der Waals surface area contributed by atoms with E-state index in [9.17, 15) is 0 Å². The van der Waals surface area contributed by atoms with Gasteiger partial charge in [-0.2, -0.15) is 0 Å². The number of allylic oxidation sites excluding steroid dienone is 1. The van der Waals surface area contributed by atoms with Crippen molar-refractivity contribution in [3.8, 4) is 0 Å². The molecule has 0 amide bonds. The van der Waals surface area contributed by atoms with Gasteiger partial charge < -0.3 is 0 Å². The third kappa shape index (κ3) is 4.90. The second-order valence-corrected chi connectivity index (χ2v) is 4.66. The van der Waals surface area contributed by atoms with Gasteiger partial charge in [0.05, 0.1) is 0 Å². The van der Waals surface area contributed by atoms with E-state index in [1.165, 1.54) is 0 Å². The molecule has 0 nitrogen and oxygen atoms in total. The van der Waals surface area contributed by atoms with Crippen LogP contribution in [0.2, 0.25) is 0 Å². The van der Waals surface area contributed by atoms with Crippen molar-refractivity contribution in [3.05, 3.63) is 12.7 Å². The van der Waals surface area contributed by atoms with Gasteiger partial charge in [0.25, 0.3) is 0 Å². The van der Waals surface area contributed by atoms with Crippen LogP contribution >= 0.6 is 11.6 Å². The SMILES string of the molecule is C=C[CH](Cl)[Hf]. The standard InChI is InChI=1S/C3H4Cl.Hf/c1-2-3-4;/h2-3H,1H2;. The molecule has 0 N–H and O–H groups in total. The fraction of sp³-hybridized carbons (Fsp3) is 0.333. The van der Waals surface area contributed by atoms with E-state index in [1.54, 1.807) is 6.08 Å². The number of rotatable bonds is 1. The van der Waals surface area contributed by atoms with Gasteiger partial charge in [-0.1, -0.05) is 0 Å². The molecular formula is C3H4ClHf. The summed E-state index contributed by atoms with van der Waals surface area (Å²) in [5.74, 6) is 0. The Bertz CT molecular complexity index is 33.9. The number of halogens is 1. The van der Waals surface area contributed by atoms with E-state index in [2.05, 4.69) is 6.58 Å². The van der Waals surface area contributed by atoms with Crippen molar-refractivity contribution < 1.29 is 24.4 Å². The Morgan fingerprint density at radius 3 is 2.20 bits per heavy atom. The third-order valence-electron chi connectivity index (χ3n) is 0.207. The molecular weight excluding hydrogens is 250 g/mol. The summed E-state index contributed by atoms with van der Waals surface area (Å²) in [6.07, 6.45) is 1.74. The predicted molar refractivity (Wildman–Crippen MR) is 19.8 cm³/mol. The molecule has 5 heavy (non-hydrogen) atoms. The molecule has 27 valence electrons. The Morgan fingerprint density at radius 2 is 2.20 bits per heavy atom. The average Bonchev–Trinajstić information content (AvgIpc) is 1.38. The van der Waals surface area contributed by atoms with Gasteiger partial charge in [-0.3, -0.25) is 0 Å². The van der Waals surface area contributed by atoms with Crippen LogP contribution in [0.3, 0.4) is 0 Å². The third-order valence-corrected chi connectivity index (χ3v) is 1.23. The van der Waals surface area contributed by atoms with E-state index in [-0.39, 0.29) is 3.13 Å². The zero-order valence-electron chi connectivity index (χ0n) is 2.74. The van der Waals surface area contributed by atoms with Gasteiger partial charge in [0.15, 0.2) is 0 Å². The molecule has 0 aliphatic heterocycles. The van der Waals surface area contributed by atoms with E-state index in [1.807, 2.05) is 0 Å². The first kappa shape index (κ1) is 5.90. The Kier molecular flexibility index (Phi) is 3.66. The van der Waals surface area contributed by atoms with Gasteiger partial charge in [-0.15, -0.1) is 0 Å². The van der Waals surface area contributed by atoms with Crippen molar-refractivity contribution in [1.82, 2.24) is 0 Å². The van der Waals surface area contributed by atoms with E-state index in [4.69, 9.17) is 11.6 Å². The molecule has 0 fully saturated rings. The summed E-state index contributed by atoms with van der Waals surface area (Å²) in [4.78, 5) is 0. The molecule has 0 aliphatic rings. The topological polar surface area (TPSA) is 0 Å². The number of hydrogen-bond donors (Lipinski definition) is 0. The molecule has 1 unspecified atom stereocenters. The predicted octanol–water partition coefficient (Wildman–Crippen LogP) is 1.28. The van der Waals surface area contributed by atoms with Crippen LogP contribution in [0.25, 0.3) is 0 Å². The minimum absolute atomic E-state index is 0.259. The Labute approximate surface area is 51.8 Å². The molecule has 0 radical (unpaired) electrons. The van der Waals surface area contributed by atoms with E-state index in [0.29, 0.717) is 0 Å². The first-order valence-corrected chi connectivity index (χ1v) is 3.76. The summed E-state index contributed by atoms with van der Waals surface area (Å²) in [6, 6.07) is 0. The Hall–Kier alpha value is 0.900. The summed E-state index contributed by atoms with van der Waals surface area (Å²) in [5.41, 5.74) is 0. The summed E-state index contributed by atoms with van der Waals surface area (Å²) < 4.78 is 0.259. The summed E-state index contributed by atoms with van der Waals surface area (Å²) >= 11 is 6.42. The van der Waals surface area contributed by atoms with Gasteiger partial charge in [-0.25, -0.2) is 0 Å². The quantitative estimate of drug-likeness (QED) is 0.375. The maximum atomic E-state index is 5.41. The molecule has 0 rings (SSSR count). The van der Waals surface area contributed by atoms with Crippen molar-refractivity contribution in [2.45, 2.75) is 3.13 Å². The molecule has 1 atom stereocenters. The summed E-state index contributed by atoms with van der Waals surface area (Å²) in [5, 5.41) is 0. The van der Waals surface area contributed by atoms with E-state index < -0.39 is 0 Å². The number of alkyl halides is 1. The maximum absolute atomic E-state index is 5.41. The molecule has 0 aromatic carbocycles. The van der Waals surface area contributed by atoms with Gasteiger partial charge in [0, 0.05) is 0 Å². The van der Waals surface area contributed by atoms with Gasteiger partial charge >= 0.3 is 51.8 Å². The van der Waals surface area contributed by atoms with Crippen molar-refractivity contribution >= 4 is 11.6 Å². The van der Waals surface area contributed by atoms with Crippen LogP contribution in [0.15, 0.2) is 12.7 Å². The van der Waals surface area contributed by atoms with E-state index >= 15 is 0 Å². The normalized spacial score (nSPS) is 13.6. The molecule has 0 saturated heterocycles. The van der Waals surface area contributed by atoms with Crippen molar-refractivity contribution in [2.24, 2.45) is 0 Å². The molecule has 0 aromatic heterocycles. The van der Waals surface area contributed by atoms with Crippen LogP contribution in [0.5, 0.6) is 0 Å². The molecule has 2 heteroatoms. The second kappa shape index (κ2) is 3.10. The van der Waals surface area contributed by atoms with Gasteiger partial charge in [0.2, 0.25) is 0 Å². The summed E-state index contributed by atoms with van der Waals surface area (Å²) in [6.45, 7) is 3.46. The van der Waals surface area contributed by atoms with Crippen LogP contribution in [0.4, 0.5) is 0 Å². The van der Waals surface area contributed by atoms with Crippen molar-refractivity contribution in [3.63, 3.8) is 0 Å². The van der Waals surface area contributed by atoms with Gasteiger partial charge in [0.1, 0.15) is 0 Å². The van der Waals surface area contributed by atoms with Crippen LogP contribution in [-0.2, 0) is 24.4 Å². The first-order chi connectivity index (χ1) is 2.27. The zero-order chi connectivity index (χ0) is 4.28. The van der Waals surface area contributed by atoms with E-state index in [0.717, 1.165) is 24.4 Å². The molecule has 0 heterocycles. The molecule has 0 saturated carbocycles. The molecule has 0 aromatic rings. The fourth-order valence-electron chi connectivity index (χ4n) is 0. The monoisotopic (exact) mass is 255 g/mol. The first-order valence-electron chi connectivity index (χ1n) is 1.25. The van der Waals surface area contributed by atoms with Gasteiger partial charge in [-0.05, 0) is 0 Å².